The van der Waals surface area contributed by atoms with Crippen molar-refractivity contribution in [2.75, 3.05) is 0 Å². The first kappa shape index (κ1) is 11.4. The third-order valence-electron chi connectivity index (χ3n) is 1.29. The normalized spacial score (nSPS) is 9.31. The second kappa shape index (κ2) is 5.97. The van der Waals surface area contributed by atoms with Crippen LogP contribution in [-0.2, 0) is 9.53 Å². The molecule has 1 aromatic carbocycles. The third kappa shape index (κ3) is 4.76. The maximum Gasteiger partial charge on any atom is 0.307 e. The molecule has 0 aliphatic carbocycles. The first-order chi connectivity index (χ1) is 5.79. The second-order valence-electron chi connectivity index (χ2n) is 2.32. The molecule has 70 valence electrons. The van der Waals surface area contributed by atoms with Gasteiger partial charge in [-0.25, -0.2) is 0 Å². The van der Waals surface area contributed by atoms with Gasteiger partial charge in [0.1, 0.15) is 0 Å². The monoisotopic (exact) mass is 180 g/mol. The fourth-order valence-corrected chi connectivity index (χ4v) is 0.773. The maximum absolute atomic E-state index is 10.4. The summed E-state index contributed by atoms with van der Waals surface area (Å²) in [7, 11) is 0. The van der Waals surface area contributed by atoms with E-state index in [0.717, 1.165) is 5.56 Å². The Morgan fingerprint density at radius 1 is 1.31 bits per heavy atom. The SMILES string of the molecule is CC(=O)OC=Cc1ccccc1.O. The Morgan fingerprint density at radius 3 is 2.46 bits per heavy atom. The molecule has 0 saturated heterocycles. The Hall–Kier alpha value is -1.61. The Labute approximate surface area is 77.0 Å². The summed E-state index contributed by atoms with van der Waals surface area (Å²) in [5, 5.41) is 0. The molecule has 0 radical (unpaired) electrons. The highest BCUT2D eigenvalue weighted by Gasteiger charge is 1.85. The molecular formula is C10H12O3. The number of benzene rings is 1. The summed E-state index contributed by atoms with van der Waals surface area (Å²) in [6.45, 7) is 1.37. The number of esters is 1. The molecule has 0 fully saturated rings. The fraction of sp³-hybridized carbons (Fsp3) is 0.100. The number of carbonyl (C=O) groups excluding carboxylic acids is 1. The fourth-order valence-electron chi connectivity index (χ4n) is 0.773. The number of hydrogen-bond acceptors (Lipinski definition) is 2. The average molecular weight is 180 g/mol. The first-order valence-corrected chi connectivity index (χ1v) is 3.68. The number of rotatable bonds is 2. The Balaban J connectivity index is 0.00000144. The smallest absolute Gasteiger partial charge is 0.307 e. The van der Waals surface area contributed by atoms with Gasteiger partial charge in [-0.1, -0.05) is 30.3 Å². The van der Waals surface area contributed by atoms with Crippen molar-refractivity contribution < 1.29 is 15.0 Å². The molecule has 0 bridgehead atoms. The summed E-state index contributed by atoms with van der Waals surface area (Å²) < 4.78 is 4.63. The van der Waals surface area contributed by atoms with E-state index >= 15 is 0 Å². The van der Waals surface area contributed by atoms with E-state index in [9.17, 15) is 4.79 Å². The van der Waals surface area contributed by atoms with Crippen LogP contribution in [0, 0.1) is 0 Å². The van der Waals surface area contributed by atoms with Crippen molar-refractivity contribution in [1.82, 2.24) is 0 Å². The van der Waals surface area contributed by atoms with Crippen LogP contribution in [0.5, 0.6) is 0 Å². The number of ether oxygens (including phenoxy) is 1. The largest absolute Gasteiger partial charge is 0.435 e. The molecule has 0 aliphatic rings. The van der Waals surface area contributed by atoms with Gasteiger partial charge in [0.25, 0.3) is 0 Å². The van der Waals surface area contributed by atoms with Gasteiger partial charge in [-0.05, 0) is 11.6 Å². The van der Waals surface area contributed by atoms with E-state index in [0.29, 0.717) is 0 Å². The Morgan fingerprint density at radius 2 is 1.92 bits per heavy atom. The molecule has 1 aromatic rings. The topological polar surface area (TPSA) is 57.8 Å². The van der Waals surface area contributed by atoms with Gasteiger partial charge in [-0.3, -0.25) is 4.79 Å². The highest BCUT2D eigenvalue weighted by atomic mass is 16.5. The second-order valence-corrected chi connectivity index (χ2v) is 2.32. The lowest BCUT2D eigenvalue weighted by molar-refractivity contribution is -0.135. The van der Waals surface area contributed by atoms with Gasteiger partial charge in [0, 0.05) is 6.92 Å². The summed E-state index contributed by atoms with van der Waals surface area (Å²) in [6, 6.07) is 9.64. The van der Waals surface area contributed by atoms with Crippen LogP contribution in [0.25, 0.3) is 6.08 Å². The van der Waals surface area contributed by atoms with Crippen molar-refractivity contribution in [1.29, 1.82) is 0 Å². The van der Waals surface area contributed by atoms with Gasteiger partial charge in [0.05, 0.1) is 6.26 Å². The van der Waals surface area contributed by atoms with E-state index in [1.54, 1.807) is 6.08 Å². The van der Waals surface area contributed by atoms with Crippen LogP contribution in [0.2, 0.25) is 0 Å². The van der Waals surface area contributed by atoms with E-state index in [2.05, 4.69) is 4.74 Å². The van der Waals surface area contributed by atoms with Crippen molar-refractivity contribution in [3.8, 4) is 0 Å². The molecule has 0 aromatic heterocycles. The minimum absolute atomic E-state index is 0. The molecule has 13 heavy (non-hydrogen) atoms. The molecule has 0 amide bonds. The molecular weight excluding hydrogens is 168 g/mol. The molecule has 2 N–H and O–H groups in total. The van der Waals surface area contributed by atoms with E-state index < -0.39 is 0 Å². The van der Waals surface area contributed by atoms with Crippen molar-refractivity contribution in [2.24, 2.45) is 0 Å². The van der Waals surface area contributed by atoms with Crippen LogP contribution in [0.4, 0.5) is 0 Å². The van der Waals surface area contributed by atoms with E-state index in [4.69, 9.17) is 0 Å². The average Bonchev–Trinajstić information content (AvgIpc) is 2.05. The van der Waals surface area contributed by atoms with Gasteiger partial charge in [0.2, 0.25) is 0 Å². The standard InChI is InChI=1S/C10H10O2.H2O/c1-9(11)12-8-7-10-5-3-2-4-6-10;/h2-8H,1H3;1H2. The lowest BCUT2D eigenvalue weighted by atomic mass is 10.2. The van der Waals surface area contributed by atoms with Gasteiger partial charge in [0.15, 0.2) is 0 Å². The molecule has 0 heterocycles. The lowest BCUT2D eigenvalue weighted by Gasteiger charge is -1.91. The Bertz CT molecular complexity index is 277. The predicted molar refractivity (Wildman–Crippen MR) is 50.9 cm³/mol. The zero-order chi connectivity index (χ0) is 8.81. The van der Waals surface area contributed by atoms with Crippen LogP contribution in [-0.4, -0.2) is 11.4 Å². The summed E-state index contributed by atoms with van der Waals surface area (Å²) in [4.78, 5) is 10.4. The van der Waals surface area contributed by atoms with Crippen molar-refractivity contribution in [3.63, 3.8) is 0 Å². The van der Waals surface area contributed by atoms with E-state index in [1.807, 2.05) is 30.3 Å². The molecule has 0 spiro atoms. The zero-order valence-corrected chi connectivity index (χ0v) is 7.36. The first-order valence-electron chi connectivity index (χ1n) is 3.68. The van der Waals surface area contributed by atoms with Crippen LogP contribution in [0.15, 0.2) is 36.6 Å². The van der Waals surface area contributed by atoms with Crippen molar-refractivity contribution in [2.45, 2.75) is 6.92 Å². The minimum Gasteiger partial charge on any atom is -0.435 e. The van der Waals surface area contributed by atoms with Crippen LogP contribution >= 0.6 is 0 Å². The van der Waals surface area contributed by atoms with Crippen LogP contribution in [0.1, 0.15) is 12.5 Å². The highest BCUT2D eigenvalue weighted by molar-refractivity contribution is 5.67. The molecule has 3 nitrogen and oxygen atoms in total. The summed E-state index contributed by atoms with van der Waals surface area (Å²) in [6.07, 6.45) is 3.12. The minimum atomic E-state index is -0.304. The van der Waals surface area contributed by atoms with Crippen LogP contribution < -0.4 is 0 Å². The molecule has 0 unspecified atom stereocenters. The predicted octanol–water partition coefficient (Wildman–Crippen LogP) is 1.40. The van der Waals surface area contributed by atoms with Gasteiger partial charge in [-0.15, -0.1) is 0 Å². The number of carbonyl (C=O) groups is 1. The van der Waals surface area contributed by atoms with Crippen molar-refractivity contribution in [3.05, 3.63) is 42.2 Å². The van der Waals surface area contributed by atoms with E-state index in [1.165, 1.54) is 13.2 Å². The summed E-state index contributed by atoms with van der Waals surface area (Å²) in [5.74, 6) is -0.304. The quantitative estimate of drug-likeness (QED) is 0.510. The summed E-state index contributed by atoms with van der Waals surface area (Å²) >= 11 is 0. The van der Waals surface area contributed by atoms with Crippen LogP contribution in [0.3, 0.4) is 0 Å². The third-order valence-corrected chi connectivity index (χ3v) is 1.29. The van der Waals surface area contributed by atoms with Gasteiger partial charge >= 0.3 is 5.97 Å². The maximum atomic E-state index is 10.4. The Kier molecular flexibility index (Phi) is 5.23. The molecule has 0 aliphatic heterocycles. The zero-order valence-electron chi connectivity index (χ0n) is 7.36. The molecule has 1 rings (SSSR count). The summed E-state index contributed by atoms with van der Waals surface area (Å²) in [5.41, 5.74) is 1.01. The molecule has 0 saturated carbocycles. The molecule has 0 atom stereocenters. The van der Waals surface area contributed by atoms with Crippen molar-refractivity contribution >= 4 is 12.0 Å². The lowest BCUT2D eigenvalue weighted by Crippen LogP contribution is -1.88. The van der Waals surface area contributed by atoms with Gasteiger partial charge in [-0.2, -0.15) is 0 Å². The highest BCUT2D eigenvalue weighted by Crippen LogP contribution is 2.00. The number of hydrogen-bond donors (Lipinski definition) is 0. The molecule has 3 heteroatoms. The van der Waals surface area contributed by atoms with E-state index in [-0.39, 0.29) is 11.4 Å². The van der Waals surface area contributed by atoms with Gasteiger partial charge < -0.3 is 10.2 Å².